The lowest BCUT2D eigenvalue weighted by atomic mass is 9.83. The molecule has 1 aliphatic rings. The minimum Gasteiger partial charge on any atom is -0.300 e. The molecule has 0 aromatic heterocycles. The summed E-state index contributed by atoms with van der Waals surface area (Å²) >= 11 is 0. The number of ketones is 1. The Kier molecular flexibility index (Phi) is 2.80. The lowest BCUT2D eigenvalue weighted by molar-refractivity contribution is -0.120. The Morgan fingerprint density at radius 1 is 1.27 bits per heavy atom. The van der Waals surface area contributed by atoms with Crippen molar-refractivity contribution >= 4 is 5.78 Å². The zero-order valence-electron chi connectivity index (χ0n) is 8.30. The van der Waals surface area contributed by atoms with Crippen molar-refractivity contribution < 1.29 is 13.6 Å². The van der Waals surface area contributed by atoms with Crippen LogP contribution in [0.5, 0.6) is 0 Å². The Morgan fingerprint density at radius 2 is 2.07 bits per heavy atom. The SMILES string of the molecule is O=C1CCCC(c2cccc(F)c2F)C1. The Balaban J connectivity index is 2.28. The van der Waals surface area contributed by atoms with Crippen molar-refractivity contribution in [1.82, 2.24) is 0 Å². The molecule has 2 rings (SSSR count). The first-order valence-electron chi connectivity index (χ1n) is 5.14. The first kappa shape index (κ1) is 10.3. The van der Waals surface area contributed by atoms with E-state index in [9.17, 15) is 13.6 Å². The van der Waals surface area contributed by atoms with Crippen LogP contribution < -0.4 is 0 Å². The first-order valence-corrected chi connectivity index (χ1v) is 5.14. The largest absolute Gasteiger partial charge is 0.300 e. The second-order valence-corrected chi connectivity index (χ2v) is 3.97. The Morgan fingerprint density at radius 3 is 2.80 bits per heavy atom. The van der Waals surface area contributed by atoms with E-state index in [1.807, 2.05) is 0 Å². The molecule has 1 fully saturated rings. The summed E-state index contributed by atoms with van der Waals surface area (Å²) in [6, 6.07) is 4.16. The average molecular weight is 210 g/mol. The van der Waals surface area contributed by atoms with E-state index in [4.69, 9.17) is 0 Å². The second-order valence-electron chi connectivity index (χ2n) is 3.97. The summed E-state index contributed by atoms with van der Waals surface area (Å²) in [5.74, 6) is -1.61. The van der Waals surface area contributed by atoms with Gasteiger partial charge in [-0.15, -0.1) is 0 Å². The molecule has 0 amide bonds. The average Bonchev–Trinajstić information content (AvgIpc) is 2.22. The van der Waals surface area contributed by atoms with Crippen molar-refractivity contribution in [2.45, 2.75) is 31.6 Å². The van der Waals surface area contributed by atoms with Crippen LogP contribution in [0.4, 0.5) is 8.78 Å². The molecule has 80 valence electrons. The van der Waals surface area contributed by atoms with E-state index >= 15 is 0 Å². The predicted octanol–water partition coefficient (Wildman–Crippen LogP) is 3.19. The summed E-state index contributed by atoms with van der Waals surface area (Å²) in [4.78, 5) is 11.2. The number of Topliss-reactive ketones (excluding diaryl/α,β-unsaturated/α-hetero) is 1. The maximum atomic E-state index is 13.4. The number of carbonyl (C=O) groups is 1. The zero-order chi connectivity index (χ0) is 10.8. The van der Waals surface area contributed by atoms with Crippen molar-refractivity contribution in [2.24, 2.45) is 0 Å². The van der Waals surface area contributed by atoms with Crippen LogP contribution in [-0.4, -0.2) is 5.78 Å². The van der Waals surface area contributed by atoms with Crippen molar-refractivity contribution in [1.29, 1.82) is 0 Å². The Labute approximate surface area is 87.1 Å². The lowest BCUT2D eigenvalue weighted by Gasteiger charge is -2.21. The quantitative estimate of drug-likeness (QED) is 0.695. The molecule has 1 aliphatic carbocycles. The van der Waals surface area contributed by atoms with Crippen LogP contribution in [0.15, 0.2) is 18.2 Å². The van der Waals surface area contributed by atoms with Crippen LogP contribution in [0, 0.1) is 11.6 Å². The Bertz CT molecular complexity index is 387. The summed E-state index contributed by atoms with van der Waals surface area (Å²) in [5.41, 5.74) is 0.350. The van der Waals surface area contributed by atoms with Crippen LogP contribution in [-0.2, 0) is 4.79 Å². The number of benzene rings is 1. The van der Waals surface area contributed by atoms with Crippen molar-refractivity contribution in [2.75, 3.05) is 0 Å². The minimum atomic E-state index is -0.828. The van der Waals surface area contributed by atoms with E-state index in [2.05, 4.69) is 0 Å². The lowest BCUT2D eigenvalue weighted by Crippen LogP contribution is -2.14. The third kappa shape index (κ3) is 2.06. The van der Waals surface area contributed by atoms with E-state index in [-0.39, 0.29) is 11.7 Å². The molecule has 0 radical (unpaired) electrons. The smallest absolute Gasteiger partial charge is 0.162 e. The number of rotatable bonds is 1. The van der Waals surface area contributed by atoms with Gasteiger partial charge in [0.2, 0.25) is 0 Å². The van der Waals surface area contributed by atoms with Crippen LogP contribution in [0.1, 0.15) is 37.2 Å². The molecule has 0 spiro atoms. The van der Waals surface area contributed by atoms with Gasteiger partial charge in [0.15, 0.2) is 11.6 Å². The summed E-state index contributed by atoms with van der Waals surface area (Å²) < 4.78 is 26.4. The molecule has 1 nitrogen and oxygen atoms in total. The number of halogens is 2. The van der Waals surface area contributed by atoms with Gasteiger partial charge in [-0.2, -0.15) is 0 Å². The van der Waals surface area contributed by atoms with Gasteiger partial charge in [-0.1, -0.05) is 12.1 Å². The van der Waals surface area contributed by atoms with E-state index in [1.165, 1.54) is 6.07 Å². The minimum absolute atomic E-state index is 0.137. The van der Waals surface area contributed by atoms with Gasteiger partial charge < -0.3 is 0 Å². The summed E-state index contributed by atoms with van der Waals surface area (Å²) in [5, 5.41) is 0. The molecule has 0 aliphatic heterocycles. The first-order chi connectivity index (χ1) is 7.18. The van der Waals surface area contributed by atoms with Crippen molar-refractivity contribution in [3.8, 4) is 0 Å². The van der Waals surface area contributed by atoms with Crippen molar-refractivity contribution in [3.05, 3.63) is 35.4 Å². The summed E-state index contributed by atoms with van der Waals surface area (Å²) in [6.07, 6.45) is 2.47. The molecular weight excluding hydrogens is 198 g/mol. The second kappa shape index (κ2) is 4.09. The highest BCUT2D eigenvalue weighted by Gasteiger charge is 2.24. The molecular formula is C12H12F2O. The highest BCUT2D eigenvalue weighted by atomic mass is 19.2. The molecule has 1 atom stereocenters. The van der Waals surface area contributed by atoms with Gasteiger partial charge in [0.1, 0.15) is 5.78 Å². The van der Waals surface area contributed by atoms with Gasteiger partial charge in [0, 0.05) is 12.8 Å². The van der Waals surface area contributed by atoms with Crippen LogP contribution in [0.25, 0.3) is 0 Å². The third-order valence-electron chi connectivity index (χ3n) is 2.90. The Hall–Kier alpha value is -1.25. The predicted molar refractivity (Wildman–Crippen MR) is 52.6 cm³/mol. The molecule has 0 saturated heterocycles. The molecule has 1 unspecified atom stereocenters. The molecule has 1 saturated carbocycles. The van der Waals surface area contributed by atoms with Crippen LogP contribution in [0.3, 0.4) is 0 Å². The molecule has 1 aromatic carbocycles. The number of hydrogen-bond donors (Lipinski definition) is 0. The topological polar surface area (TPSA) is 17.1 Å². The molecule has 0 N–H and O–H groups in total. The van der Waals surface area contributed by atoms with E-state index in [1.54, 1.807) is 6.07 Å². The van der Waals surface area contributed by atoms with Gasteiger partial charge in [0.25, 0.3) is 0 Å². The summed E-state index contributed by atoms with van der Waals surface area (Å²) in [6.45, 7) is 0. The normalized spacial score (nSPS) is 21.7. The van der Waals surface area contributed by atoms with Gasteiger partial charge in [-0.05, 0) is 30.4 Å². The van der Waals surface area contributed by atoms with E-state index in [0.717, 1.165) is 18.9 Å². The zero-order valence-corrected chi connectivity index (χ0v) is 8.30. The third-order valence-corrected chi connectivity index (χ3v) is 2.90. The maximum absolute atomic E-state index is 13.4. The van der Waals surface area contributed by atoms with Gasteiger partial charge in [-0.3, -0.25) is 4.79 Å². The molecule has 1 aromatic rings. The fourth-order valence-corrected chi connectivity index (χ4v) is 2.13. The number of carbonyl (C=O) groups excluding carboxylic acids is 1. The summed E-state index contributed by atoms with van der Waals surface area (Å²) in [7, 11) is 0. The molecule has 3 heteroatoms. The highest BCUT2D eigenvalue weighted by Crippen LogP contribution is 2.32. The molecule has 0 bridgehead atoms. The van der Waals surface area contributed by atoms with Gasteiger partial charge >= 0.3 is 0 Å². The monoisotopic (exact) mass is 210 g/mol. The highest BCUT2D eigenvalue weighted by molar-refractivity contribution is 5.80. The van der Waals surface area contributed by atoms with Crippen LogP contribution >= 0.6 is 0 Å². The fourth-order valence-electron chi connectivity index (χ4n) is 2.13. The van der Waals surface area contributed by atoms with Gasteiger partial charge in [0.05, 0.1) is 0 Å². The van der Waals surface area contributed by atoms with Crippen LogP contribution in [0.2, 0.25) is 0 Å². The maximum Gasteiger partial charge on any atom is 0.162 e. The van der Waals surface area contributed by atoms with Crippen molar-refractivity contribution in [3.63, 3.8) is 0 Å². The molecule has 0 heterocycles. The standard InChI is InChI=1S/C12H12F2O/c13-11-6-2-5-10(12(11)14)8-3-1-4-9(15)7-8/h2,5-6,8H,1,3-4,7H2. The fraction of sp³-hybridized carbons (Fsp3) is 0.417. The molecule has 15 heavy (non-hydrogen) atoms. The number of hydrogen-bond acceptors (Lipinski definition) is 1. The van der Waals surface area contributed by atoms with E-state index < -0.39 is 11.6 Å². The van der Waals surface area contributed by atoms with E-state index in [0.29, 0.717) is 18.4 Å². The van der Waals surface area contributed by atoms with Gasteiger partial charge in [-0.25, -0.2) is 8.78 Å².